The van der Waals surface area contributed by atoms with Gasteiger partial charge in [0.2, 0.25) is 11.8 Å². The Bertz CT molecular complexity index is 780. The average molecular weight is 337 g/mol. The molecular formula is C20H23N3O2. The van der Waals surface area contributed by atoms with Gasteiger partial charge in [-0.1, -0.05) is 12.1 Å². The Labute approximate surface area is 147 Å². The van der Waals surface area contributed by atoms with Gasteiger partial charge in [0.1, 0.15) is 0 Å². The molecule has 130 valence electrons. The molecule has 1 fully saturated rings. The van der Waals surface area contributed by atoms with Gasteiger partial charge in [0, 0.05) is 23.0 Å². The minimum absolute atomic E-state index is 0.0913. The maximum atomic E-state index is 12.1. The number of anilines is 3. The molecule has 0 saturated heterocycles. The van der Waals surface area contributed by atoms with Crippen molar-refractivity contribution in [1.82, 2.24) is 0 Å². The Kier molecular flexibility index (Phi) is 5.03. The second-order valence-corrected chi connectivity index (χ2v) is 6.56. The molecule has 1 aliphatic carbocycles. The lowest BCUT2D eigenvalue weighted by Crippen LogP contribution is -2.22. The Balaban J connectivity index is 1.49. The fourth-order valence-electron chi connectivity index (χ4n) is 2.51. The zero-order valence-electron chi connectivity index (χ0n) is 14.6. The topological polar surface area (TPSA) is 70.2 Å². The highest BCUT2D eigenvalue weighted by Gasteiger charge is 2.29. The Morgan fingerprint density at radius 1 is 0.960 bits per heavy atom. The summed E-state index contributed by atoms with van der Waals surface area (Å²) in [5, 5.41) is 8.90. The molecule has 0 unspecified atom stereocenters. The number of rotatable bonds is 6. The largest absolute Gasteiger partial charge is 0.376 e. The van der Waals surface area contributed by atoms with Gasteiger partial charge < -0.3 is 16.0 Å². The Morgan fingerprint density at radius 3 is 2.32 bits per heavy atom. The number of hydrogen-bond donors (Lipinski definition) is 3. The zero-order chi connectivity index (χ0) is 17.8. The minimum atomic E-state index is -0.0974. The molecule has 3 N–H and O–H groups in total. The standard InChI is InChI=1S/C20H23N3O2/c1-13-3-4-14(2)18(11-13)23-19(24)12-21-16-7-9-17(10-8-16)22-20(25)15-5-6-15/h3-4,7-11,15,21H,5-6,12H2,1-2H3,(H,22,25)(H,23,24). The first-order valence-electron chi connectivity index (χ1n) is 8.53. The first kappa shape index (κ1) is 17.0. The molecule has 3 rings (SSSR count). The third-order valence-corrected chi connectivity index (χ3v) is 4.22. The Morgan fingerprint density at radius 2 is 1.64 bits per heavy atom. The van der Waals surface area contributed by atoms with Crippen molar-refractivity contribution >= 4 is 28.9 Å². The molecule has 1 saturated carbocycles. The van der Waals surface area contributed by atoms with Crippen LogP contribution in [0.5, 0.6) is 0 Å². The van der Waals surface area contributed by atoms with Gasteiger partial charge in [0.05, 0.1) is 6.54 Å². The molecule has 0 spiro atoms. The first-order valence-corrected chi connectivity index (χ1v) is 8.53. The summed E-state index contributed by atoms with van der Waals surface area (Å²) in [6.07, 6.45) is 1.97. The molecule has 25 heavy (non-hydrogen) atoms. The van der Waals surface area contributed by atoms with Gasteiger partial charge in [0.25, 0.3) is 0 Å². The van der Waals surface area contributed by atoms with Gasteiger partial charge in [-0.05, 0) is 68.1 Å². The van der Waals surface area contributed by atoms with E-state index in [1.54, 1.807) is 0 Å². The third-order valence-electron chi connectivity index (χ3n) is 4.22. The summed E-state index contributed by atoms with van der Waals surface area (Å²) in [7, 11) is 0. The van der Waals surface area contributed by atoms with Crippen LogP contribution in [-0.4, -0.2) is 18.4 Å². The van der Waals surface area contributed by atoms with E-state index in [0.29, 0.717) is 0 Å². The van der Waals surface area contributed by atoms with E-state index >= 15 is 0 Å². The zero-order valence-corrected chi connectivity index (χ0v) is 14.6. The third kappa shape index (κ3) is 4.83. The van der Waals surface area contributed by atoms with Crippen LogP contribution in [0.1, 0.15) is 24.0 Å². The molecule has 0 atom stereocenters. The van der Waals surface area contributed by atoms with Crippen LogP contribution in [-0.2, 0) is 9.59 Å². The van der Waals surface area contributed by atoms with Crippen molar-refractivity contribution in [2.75, 3.05) is 22.5 Å². The molecule has 5 nitrogen and oxygen atoms in total. The molecule has 1 aliphatic rings. The highest BCUT2D eigenvalue weighted by Crippen LogP contribution is 2.30. The summed E-state index contributed by atoms with van der Waals surface area (Å²) >= 11 is 0. The summed E-state index contributed by atoms with van der Waals surface area (Å²) < 4.78 is 0. The van der Waals surface area contributed by atoms with Crippen molar-refractivity contribution in [1.29, 1.82) is 0 Å². The van der Waals surface area contributed by atoms with E-state index in [4.69, 9.17) is 0 Å². The lowest BCUT2D eigenvalue weighted by molar-refractivity contribution is -0.117. The molecule has 0 bridgehead atoms. The predicted molar refractivity (Wildman–Crippen MR) is 101 cm³/mol. The summed E-state index contributed by atoms with van der Waals surface area (Å²) in [4.78, 5) is 23.8. The summed E-state index contributed by atoms with van der Waals surface area (Å²) in [6, 6.07) is 13.4. The molecule has 2 aromatic rings. The molecule has 0 heterocycles. The number of carbonyl (C=O) groups excluding carboxylic acids is 2. The van der Waals surface area contributed by atoms with Crippen molar-refractivity contribution in [2.45, 2.75) is 26.7 Å². The molecule has 0 radical (unpaired) electrons. The normalized spacial score (nSPS) is 13.2. The van der Waals surface area contributed by atoms with Gasteiger partial charge in [-0.2, -0.15) is 0 Å². The SMILES string of the molecule is Cc1ccc(C)c(NC(=O)CNc2ccc(NC(=O)C3CC3)cc2)c1. The molecule has 5 heteroatoms. The van der Waals surface area contributed by atoms with Gasteiger partial charge in [0.15, 0.2) is 0 Å². The highest BCUT2D eigenvalue weighted by molar-refractivity contribution is 5.95. The quantitative estimate of drug-likeness (QED) is 0.753. The van der Waals surface area contributed by atoms with E-state index in [1.165, 1.54) is 0 Å². The summed E-state index contributed by atoms with van der Waals surface area (Å²) in [5.41, 5.74) is 4.60. The number of amides is 2. The van der Waals surface area contributed by atoms with Crippen LogP contribution >= 0.6 is 0 Å². The second kappa shape index (κ2) is 7.38. The van der Waals surface area contributed by atoms with Gasteiger partial charge >= 0.3 is 0 Å². The predicted octanol–water partition coefficient (Wildman–Crippen LogP) is 3.70. The second-order valence-electron chi connectivity index (χ2n) is 6.56. The lowest BCUT2D eigenvalue weighted by Gasteiger charge is -2.11. The molecule has 0 aromatic heterocycles. The average Bonchev–Trinajstić information content (AvgIpc) is 3.43. The molecule has 2 aromatic carbocycles. The number of hydrogen-bond acceptors (Lipinski definition) is 3. The van der Waals surface area contributed by atoms with E-state index in [1.807, 2.05) is 56.3 Å². The van der Waals surface area contributed by atoms with Crippen molar-refractivity contribution in [3.05, 3.63) is 53.6 Å². The van der Waals surface area contributed by atoms with E-state index in [-0.39, 0.29) is 24.3 Å². The number of carbonyl (C=O) groups is 2. The van der Waals surface area contributed by atoms with Gasteiger partial charge in [-0.25, -0.2) is 0 Å². The minimum Gasteiger partial charge on any atom is -0.376 e. The molecule has 0 aliphatic heterocycles. The monoisotopic (exact) mass is 337 g/mol. The maximum absolute atomic E-state index is 12.1. The molecular weight excluding hydrogens is 314 g/mol. The van der Waals surface area contributed by atoms with Crippen LogP contribution in [0.15, 0.2) is 42.5 Å². The van der Waals surface area contributed by atoms with Crippen LogP contribution < -0.4 is 16.0 Å². The number of benzene rings is 2. The van der Waals surface area contributed by atoms with E-state index in [0.717, 1.165) is 41.0 Å². The fraction of sp³-hybridized carbons (Fsp3) is 0.300. The molecule has 2 amide bonds. The van der Waals surface area contributed by atoms with Crippen LogP contribution in [0.2, 0.25) is 0 Å². The highest BCUT2D eigenvalue weighted by atomic mass is 16.2. The van der Waals surface area contributed by atoms with Crippen molar-refractivity contribution in [3.8, 4) is 0 Å². The number of aryl methyl sites for hydroxylation is 2. The summed E-state index contributed by atoms with van der Waals surface area (Å²) in [6.45, 7) is 4.15. The van der Waals surface area contributed by atoms with Gasteiger partial charge in [-0.3, -0.25) is 9.59 Å². The fourth-order valence-corrected chi connectivity index (χ4v) is 2.51. The maximum Gasteiger partial charge on any atom is 0.243 e. The van der Waals surface area contributed by atoms with E-state index in [9.17, 15) is 9.59 Å². The van der Waals surface area contributed by atoms with Crippen molar-refractivity contribution < 1.29 is 9.59 Å². The first-order chi connectivity index (χ1) is 12.0. The smallest absolute Gasteiger partial charge is 0.243 e. The van der Waals surface area contributed by atoms with Crippen LogP contribution in [0.3, 0.4) is 0 Å². The van der Waals surface area contributed by atoms with Crippen LogP contribution in [0.4, 0.5) is 17.1 Å². The van der Waals surface area contributed by atoms with Crippen molar-refractivity contribution in [3.63, 3.8) is 0 Å². The van der Waals surface area contributed by atoms with Crippen LogP contribution in [0, 0.1) is 19.8 Å². The van der Waals surface area contributed by atoms with Crippen molar-refractivity contribution in [2.24, 2.45) is 5.92 Å². The van der Waals surface area contributed by atoms with E-state index in [2.05, 4.69) is 16.0 Å². The lowest BCUT2D eigenvalue weighted by atomic mass is 10.1. The number of nitrogens with one attached hydrogen (secondary N) is 3. The van der Waals surface area contributed by atoms with Crippen LogP contribution in [0.25, 0.3) is 0 Å². The Hall–Kier alpha value is -2.82. The van der Waals surface area contributed by atoms with E-state index < -0.39 is 0 Å². The summed E-state index contributed by atoms with van der Waals surface area (Å²) in [5.74, 6) is 0.181. The van der Waals surface area contributed by atoms with Gasteiger partial charge in [-0.15, -0.1) is 0 Å².